The zero-order valence-electron chi connectivity index (χ0n) is 13.3. The van der Waals surface area contributed by atoms with Gasteiger partial charge in [0, 0.05) is 46.3 Å². The van der Waals surface area contributed by atoms with Crippen LogP contribution >= 0.6 is 0 Å². The molecule has 8 heteroatoms. The van der Waals surface area contributed by atoms with Gasteiger partial charge >= 0.3 is 6.18 Å². The second-order valence-corrected chi connectivity index (χ2v) is 6.32. The van der Waals surface area contributed by atoms with Gasteiger partial charge in [-0.3, -0.25) is 0 Å². The van der Waals surface area contributed by atoms with Crippen LogP contribution in [0.5, 0.6) is 0 Å². The van der Waals surface area contributed by atoms with Crippen molar-refractivity contribution in [3.63, 3.8) is 0 Å². The molecule has 2 heterocycles. The van der Waals surface area contributed by atoms with E-state index in [1.807, 2.05) is 0 Å². The highest BCUT2D eigenvalue weighted by atomic mass is 19.4. The van der Waals surface area contributed by atoms with E-state index in [0.717, 1.165) is 32.0 Å². The molecule has 0 bridgehead atoms. The molecule has 2 aliphatic rings. The SMILES string of the molecule is COC1(OC)CCC1NCC1CCc2nc(C(F)(F)F)cn2C1. The predicted molar refractivity (Wildman–Crippen MR) is 76.8 cm³/mol. The van der Waals surface area contributed by atoms with Gasteiger partial charge in [0.2, 0.25) is 0 Å². The van der Waals surface area contributed by atoms with Crippen LogP contribution in [0.25, 0.3) is 0 Å². The molecule has 1 aliphatic carbocycles. The number of nitrogens with zero attached hydrogens (tertiary/aromatic N) is 2. The number of ether oxygens (including phenoxy) is 2. The summed E-state index contributed by atoms with van der Waals surface area (Å²) in [6.07, 6.45) is -0.0142. The molecule has 1 aliphatic heterocycles. The molecule has 0 spiro atoms. The third-order valence-electron chi connectivity index (χ3n) is 5.04. The molecular formula is C15H22F3N3O2. The highest BCUT2D eigenvalue weighted by Gasteiger charge is 2.47. The summed E-state index contributed by atoms with van der Waals surface area (Å²) in [5.41, 5.74) is -0.794. The first-order valence-electron chi connectivity index (χ1n) is 7.85. The highest BCUT2D eigenvalue weighted by Crippen LogP contribution is 2.36. The van der Waals surface area contributed by atoms with Crippen molar-refractivity contribution < 1.29 is 22.6 Å². The average molecular weight is 333 g/mol. The van der Waals surface area contributed by atoms with Crippen LogP contribution in [-0.4, -0.2) is 42.1 Å². The number of alkyl halides is 3. The predicted octanol–water partition coefficient (Wildman–Crippen LogP) is 2.21. The fraction of sp³-hybridized carbons (Fsp3) is 0.800. The monoisotopic (exact) mass is 333 g/mol. The minimum Gasteiger partial charge on any atom is -0.352 e. The maximum atomic E-state index is 12.7. The van der Waals surface area contributed by atoms with E-state index in [-0.39, 0.29) is 12.0 Å². The van der Waals surface area contributed by atoms with Gasteiger partial charge in [-0.15, -0.1) is 0 Å². The number of imidazole rings is 1. The first-order chi connectivity index (χ1) is 10.9. The fourth-order valence-electron chi connectivity index (χ4n) is 3.48. The van der Waals surface area contributed by atoms with Crippen molar-refractivity contribution in [1.82, 2.24) is 14.9 Å². The van der Waals surface area contributed by atoms with Crippen LogP contribution in [0.15, 0.2) is 6.20 Å². The number of halogens is 3. The van der Waals surface area contributed by atoms with E-state index in [2.05, 4.69) is 10.3 Å². The second-order valence-electron chi connectivity index (χ2n) is 6.32. The Labute approximate surface area is 133 Å². The fourth-order valence-corrected chi connectivity index (χ4v) is 3.48. The van der Waals surface area contributed by atoms with Gasteiger partial charge in [0.05, 0.1) is 6.04 Å². The van der Waals surface area contributed by atoms with Gasteiger partial charge in [0.1, 0.15) is 5.82 Å². The molecule has 3 rings (SSSR count). The average Bonchev–Trinajstić information content (AvgIpc) is 2.91. The molecule has 1 saturated carbocycles. The Hall–Kier alpha value is -1.12. The van der Waals surface area contributed by atoms with Crippen molar-refractivity contribution in [3.8, 4) is 0 Å². The smallest absolute Gasteiger partial charge is 0.352 e. The first-order valence-corrected chi connectivity index (χ1v) is 7.85. The minimum absolute atomic E-state index is 0.132. The summed E-state index contributed by atoms with van der Waals surface area (Å²) in [6, 6.07) is 0.132. The van der Waals surface area contributed by atoms with Gasteiger partial charge in [0.25, 0.3) is 0 Å². The van der Waals surface area contributed by atoms with Crippen molar-refractivity contribution in [3.05, 3.63) is 17.7 Å². The number of rotatable bonds is 5. The topological polar surface area (TPSA) is 48.3 Å². The van der Waals surface area contributed by atoms with Crippen LogP contribution in [0.4, 0.5) is 13.2 Å². The lowest BCUT2D eigenvalue weighted by Crippen LogP contribution is -2.61. The van der Waals surface area contributed by atoms with E-state index in [1.165, 1.54) is 0 Å². The van der Waals surface area contributed by atoms with Crippen molar-refractivity contribution in [2.75, 3.05) is 20.8 Å². The van der Waals surface area contributed by atoms with Crippen molar-refractivity contribution in [2.24, 2.45) is 5.92 Å². The summed E-state index contributed by atoms with van der Waals surface area (Å²) < 4.78 is 50.7. The number of fused-ring (bicyclic) bond motifs is 1. The number of hydrogen-bond acceptors (Lipinski definition) is 4. The van der Waals surface area contributed by atoms with Crippen LogP contribution in [0.1, 0.15) is 30.8 Å². The molecule has 1 fully saturated rings. The molecule has 23 heavy (non-hydrogen) atoms. The van der Waals surface area contributed by atoms with Crippen LogP contribution in [0.3, 0.4) is 0 Å². The van der Waals surface area contributed by atoms with Gasteiger partial charge in [0.15, 0.2) is 11.5 Å². The van der Waals surface area contributed by atoms with E-state index in [0.29, 0.717) is 18.8 Å². The maximum Gasteiger partial charge on any atom is 0.434 e. The number of hydrogen-bond donors (Lipinski definition) is 1. The lowest BCUT2D eigenvalue weighted by Gasteiger charge is -2.47. The zero-order valence-corrected chi connectivity index (χ0v) is 13.3. The van der Waals surface area contributed by atoms with E-state index < -0.39 is 17.7 Å². The third-order valence-corrected chi connectivity index (χ3v) is 5.04. The van der Waals surface area contributed by atoms with E-state index in [9.17, 15) is 13.2 Å². The first kappa shape index (κ1) is 16.7. The number of methoxy groups -OCH3 is 2. The largest absolute Gasteiger partial charge is 0.434 e. The van der Waals surface area contributed by atoms with Crippen LogP contribution in [0.2, 0.25) is 0 Å². The summed E-state index contributed by atoms with van der Waals surface area (Å²) in [5.74, 6) is 0.253. The normalized spacial score (nSPS) is 26.7. The molecular weight excluding hydrogens is 311 g/mol. The van der Waals surface area contributed by atoms with Crippen LogP contribution < -0.4 is 5.32 Å². The van der Waals surface area contributed by atoms with Gasteiger partial charge < -0.3 is 19.4 Å². The Morgan fingerprint density at radius 2 is 2.09 bits per heavy atom. The summed E-state index contributed by atoms with van der Waals surface area (Å²) in [6.45, 7) is 1.29. The molecule has 1 aromatic heterocycles. The molecule has 130 valence electrons. The molecule has 2 unspecified atom stereocenters. The van der Waals surface area contributed by atoms with E-state index in [4.69, 9.17) is 9.47 Å². The number of aryl methyl sites for hydroxylation is 1. The summed E-state index contributed by atoms with van der Waals surface area (Å²) in [7, 11) is 3.27. The molecule has 1 aromatic rings. The second kappa shape index (κ2) is 6.07. The van der Waals surface area contributed by atoms with Gasteiger partial charge in [-0.05, 0) is 18.8 Å². The number of nitrogens with one attached hydrogen (secondary N) is 1. The van der Waals surface area contributed by atoms with Gasteiger partial charge in [-0.25, -0.2) is 4.98 Å². The highest BCUT2D eigenvalue weighted by molar-refractivity contribution is 5.10. The molecule has 0 aromatic carbocycles. The Morgan fingerprint density at radius 3 is 2.65 bits per heavy atom. The maximum absolute atomic E-state index is 12.7. The molecule has 2 atom stereocenters. The van der Waals surface area contributed by atoms with E-state index >= 15 is 0 Å². The molecule has 0 radical (unpaired) electrons. The van der Waals surface area contributed by atoms with Crippen molar-refractivity contribution in [2.45, 2.75) is 50.2 Å². The quantitative estimate of drug-likeness (QED) is 0.840. The molecule has 0 amide bonds. The minimum atomic E-state index is -4.37. The summed E-state index contributed by atoms with van der Waals surface area (Å²) in [4.78, 5) is 3.71. The van der Waals surface area contributed by atoms with Crippen molar-refractivity contribution in [1.29, 1.82) is 0 Å². The van der Waals surface area contributed by atoms with Crippen LogP contribution in [0, 0.1) is 5.92 Å². The summed E-state index contributed by atoms with van der Waals surface area (Å²) >= 11 is 0. The third kappa shape index (κ3) is 3.12. The molecule has 5 nitrogen and oxygen atoms in total. The van der Waals surface area contributed by atoms with Crippen molar-refractivity contribution >= 4 is 0 Å². The Kier molecular flexibility index (Phi) is 4.41. The Morgan fingerprint density at radius 1 is 1.35 bits per heavy atom. The van der Waals surface area contributed by atoms with E-state index in [1.54, 1.807) is 18.8 Å². The standard InChI is InChI=1S/C15H22F3N3O2/c1-22-14(23-2)6-5-11(14)19-7-10-3-4-13-20-12(15(16,17)18)9-21(13)8-10/h9-11,19H,3-8H2,1-2H3. The Bertz CT molecular complexity index is 549. The number of aromatic nitrogens is 2. The lowest BCUT2D eigenvalue weighted by molar-refractivity contribution is -0.268. The van der Waals surface area contributed by atoms with Gasteiger partial charge in [-0.2, -0.15) is 13.2 Å². The van der Waals surface area contributed by atoms with Crippen LogP contribution in [-0.2, 0) is 28.6 Å². The van der Waals surface area contributed by atoms with Gasteiger partial charge in [-0.1, -0.05) is 0 Å². The Balaban J connectivity index is 1.57. The molecule has 0 saturated heterocycles. The molecule has 1 N–H and O–H groups in total. The summed E-state index contributed by atoms with van der Waals surface area (Å²) in [5, 5.41) is 3.44. The lowest BCUT2D eigenvalue weighted by atomic mass is 9.84. The zero-order chi connectivity index (χ0) is 16.7.